The second kappa shape index (κ2) is 13.3. The van der Waals surface area contributed by atoms with Crippen molar-refractivity contribution in [3.63, 3.8) is 0 Å². The molecule has 7 heteroatoms. The fourth-order valence-corrected chi connectivity index (χ4v) is 13.2. The summed E-state index contributed by atoms with van der Waals surface area (Å²) in [5.41, 5.74) is 4.67. The van der Waals surface area contributed by atoms with Crippen molar-refractivity contribution in [2.24, 2.45) is 0 Å². The molecule has 2 atom stereocenters. The van der Waals surface area contributed by atoms with Crippen LogP contribution in [0.5, 0.6) is 23.0 Å². The summed E-state index contributed by atoms with van der Waals surface area (Å²) in [4.78, 5) is 0.961. The summed E-state index contributed by atoms with van der Waals surface area (Å²) in [5.74, 6) is 2.47. The number of phenols is 1. The van der Waals surface area contributed by atoms with Crippen molar-refractivity contribution in [3.8, 4) is 23.0 Å². The van der Waals surface area contributed by atoms with E-state index in [-0.39, 0.29) is 17.1 Å². The zero-order valence-corrected chi connectivity index (χ0v) is 28.3. The molecule has 4 nitrogen and oxygen atoms in total. The normalized spacial score (nSPS) is 16.7. The molecule has 0 aliphatic carbocycles. The van der Waals surface area contributed by atoms with Gasteiger partial charge in [-0.05, 0) is 63.6 Å². The highest BCUT2D eigenvalue weighted by atomic mass is 35.5. The quantitative estimate of drug-likeness (QED) is 0.176. The molecular formula is C36H41ClO4SSi. The number of halogens is 1. The first-order chi connectivity index (χ1) is 20.6. The van der Waals surface area contributed by atoms with Crippen molar-refractivity contribution >= 4 is 31.7 Å². The summed E-state index contributed by atoms with van der Waals surface area (Å²) in [7, 11) is -2.06. The van der Waals surface area contributed by atoms with Crippen LogP contribution in [0.3, 0.4) is 0 Å². The van der Waals surface area contributed by atoms with E-state index in [9.17, 15) is 5.11 Å². The summed E-state index contributed by atoms with van der Waals surface area (Å²) in [6, 6.07) is 29.7. The zero-order valence-electron chi connectivity index (χ0n) is 25.7. The molecule has 1 aliphatic heterocycles. The highest BCUT2D eigenvalue weighted by Gasteiger charge is 2.47. The Morgan fingerprint density at radius 3 is 2.02 bits per heavy atom. The van der Waals surface area contributed by atoms with Crippen molar-refractivity contribution < 1.29 is 19.0 Å². The molecule has 0 fully saturated rings. The van der Waals surface area contributed by atoms with E-state index in [4.69, 9.17) is 25.5 Å². The fraction of sp³-hybridized carbons (Fsp3) is 0.333. The Balaban J connectivity index is 1.45. The van der Waals surface area contributed by atoms with Gasteiger partial charge in [-0.2, -0.15) is 0 Å². The predicted octanol–water partition coefficient (Wildman–Crippen LogP) is 11.1. The molecule has 5 rings (SSSR count). The third kappa shape index (κ3) is 6.72. The second-order valence-corrected chi connectivity index (χ2v) is 19.1. The average molecular weight is 633 g/mol. The minimum absolute atomic E-state index is 0.0412. The van der Waals surface area contributed by atoms with Crippen LogP contribution in [-0.2, 0) is 6.61 Å². The largest absolute Gasteiger partial charge is 0.543 e. The van der Waals surface area contributed by atoms with E-state index in [0.717, 1.165) is 33.1 Å². The fourth-order valence-electron chi connectivity index (χ4n) is 6.38. The Morgan fingerprint density at radius 2 is 1.42 bits per heavy atom. The molecule has 0 bridgehead atoms. The molecule has 1 heterocycles. The lowest BCUT2D eigenvalue weighted by Crippen LogP contribution is -2.50. The van der Waals surface area contributed by atoms with E-state index >= 15 is 0 Å². The first-order valence-corrected chi connectivity index (χ1v) is 18.4. The number of hydrogen-bond donors (Lipinski definition) is 1. The smallest absolute Gasteiger partial charge is 0.258 e. The van der Waals surface area contributed by atoms with Crippen LogP contribution >= 0.6 is 23.4 Å². The molecule has 4 aromatic rings. The first kappa shape index (κ1) is 31.4. The first-order valence-electron chi connectivity index (χ1n) is 15.0. The van der Waals surface area contributed by atoms with Gasteiger partial charge in [-0.25, -0.2) is 0 Å². The van der Waals surface area contributed by atoms with Crippen molar-refractivity contribution in [1.29, 1.82) is 0 Å². The SMILES string of the molecule is CC(C)[Si](Oc1ccc([C@@H]2Sc3cc(Cl)c(OCc4ccccc4)cc3O[C@@H]2c2ccc(O)cc2)cc1)(C(C)C)C(C)C. The molecule has 0 saturated carbocycles. The number of hydrogen-bond acceptors (Lipinski definition) is 5. The maximum Gasteiger partial charge on any atom is 0.258 e. The van der Waals surface area contributed by atoms with Gasteiger partial charge in [0.2, 0.25) is 0 Å². The molecular weight excluding hydrogens is 592 g/mol. The molecule has 43 heavy (non-hydrogen) atoms. The second-order valence-electron chi connectivity index (χ2n) is 12.2. The Hall–Kier alpha value is -3.06. The molecule has 226 valence electrons. The zero-order chi connectivity index (χ0) is 30.7. The Labute approximate surface area is 266 Å². The van der Waals surface area contributed by atoms with Crippen molar-refractivity contribution in [1.82, 2.24) is 0 Å². The Kier molecular flexibility index (Phi) is 9.69. The predicted molar refractivity (Wildman–Crippen MR) is 180 cm³/mol. The van der Waals surface area contributed by atoms with Gasteiger partial charge in [-0.3, -0.25) is 0 Å². The van der Waals surface area contributed by atoms with Crippen LogP contribution in [0.2, 0.25) is 21.6 Å². The van der Waals surface area contributed by atoms with Gasteiger partial charge in [-0.15, -0.1) is 11.8 Å². The summed E-state index contributed by atoms with van der Waals surface area (Å²) < 4.78 is 19.7. The molecule has 1 N–H and O–H groups in total. The molecule has 0 spiro atoms. The highest BCUT2D eigenvalue weighted by Crippen LogP contribution is 2.55. The summed E-state index contributed by atoms with van der Waals surface area (Å²) >= 11 is 8.44. The monoisotopic (exact) mass is 632 g/mol. The van der Waals surface area contributed by atoms with Crippen molar-refractivity contribution in [3.05, 3.63) is 113 Å². The molecule has 0 unspecified atom stereocenters. The van der Waals surface area contributed by atoms with E-state index in [2.05, 4.69) is 65.8 Å². The van der Waals surface area contributed by atoms with E-state index in [0.29, 0.717) is 34.0 Å². The Morgan fingerprint density at radius 1 is 0.814 bits per heavy atom. The maximum absolute atomic E-state index is 9.97. The summed E-state index contributed by atoms with van der Waals surface area (Å²) in [6.45, 7) is 14.2. The summed E-state index contributed by atoms with van der Waals surface area (Å²) in [5, 5.41) is 10.5. The van der Waals surface area contributed by atoms with Gasteiger partial charge in [-0.1, -0.05) is 108 Å². The molecule has 1 aliphatic rings. The molecule has 0 amide bonds. The van der Waals surface area contributed by atoms with E-state index in [1.54, 1.807) is 23.9 Å². The van der Waals surface area contributed by atoms with Gasteiger partial charge in [0.25, 0.3) is 8.32 Å². The van der Waals surface area contributed by atoms with Crippen LogP contribution in [0.15, 0.2) is 95.9 Å². The van der Waals surface area contributed by atoms with Crippen molar-refractivity contribution in [2.45, 2.75) is 81.0 Å². The van der Waals surface area contributed by atoms with Crippen molar-refractivity contribution in [2.75, 3.05) is 0 Å². The van der Waals surface area contributed by atoms with Gasteiger partial charge < -0.3 is 19.0 Å². The molecule has 0 radical (unpaired) electrons. The number of benzene rings is 4. The number of ether oxygens (including phenoxy) is 2. The van der Waals surface area contributed by atoms with E-state index in [1.165, 1.54) is 0 Å². The number of fused-ring (bicyclic) bond motifs is 1. The van der Waals surface area contributed by atoms with E-state index < -0.39 is 8.32 Å². The Bertz CT molecular complexity index is 1490. The molecule has 0 aromatic heterocycles. The van der Waals surface area contributed by atoms with Crippen LogP contribution in [-0.4, -0.2) is 13.4 Å². The van der Waals surface area contributed by atoms with Crippen LogP contribution < -0.4 is 13.9 Å². The number of thioether (sulfide) groups is 1. The number of rotatable bonds is 10. The van der Waals surface area contributed by atoms with Gasteiger partial charge in [0.05, 0.1) is 15.2 Å². The van der Waals surface area contributed by atoms with Gasteiger partial charge in [0, 0.05) is 6.07 Å². The lowest BCUT2D eigenvalue weighted by atomic mass is 10.00. The average Bonchev–Trinajstić information content (AvgIpc) is 2.99. The third-order valence-corrected chi connectivity index (χ3v) is 16.1. The van der Waals surface area contributed by atoms with Crippen LogP contribution in [0.4, 0.5) is 0 Å². The third-order valence-electron chi connectivity index (χ3n) is 8.45. The van der Waals surface area contributed by atoms with E-state index in [1.807, 2.05) is 54.6 Å². The minimum Gasteiger partial charge on any atom is -0.543 e. The summed E-state index contributed by atoms with van der Waals surface area (Å²) in [6.07, 6.45) is -0.288. The highest BCUT2D eigenvalue weighted by molar-refractivity contribution is 7.99. The van der Waals surface area contributed by atoms with Crippen LogP contribution in [0.1, 0.15) is 69.6 Å². The lowest BCUT2D eigenvalue weighted by molar-refractivity contribution is 0.189. The van der Waals surface area contributed by atoms with Crippen LogP contribution in [0, 0.1) is 0 Å². The van der Waals surface area contributed by atoms with Gasteiger partial charge in [0.1, 0.15) is 35.7 Å². The minimum atomic E-state index is -2.06. The molecule has 4 aromatic carbocycles. The maximum atomic E-state index is 9.97. The van der Waals surface area contributed by atoms with Gasteiger partial charge >= 0.3 is 0 Å². The topological polar surface area (TPSA) is 47.9 Å². The lowest BCUT2D eigenvalue weighted by Gasteiger charge is -2.42. The van der Waals surface area contributed by atoms with Crippen LogP contribution in [0.25, 0.3) is 0 Å². The molecule has 0 saturated heterocycles. The van der Waals surface area contributed by atoms with Gasteiger partial charge in [0.15, 0.2) is 0 Å². The number of phenolic OH excluding ortho intramolecular Hbond substituents is 1. The standard InChI is InChI=1S/C36H41ClO4SSi/c1-23(2)43(24(3)4,25(5)6)41-30-18-14-28(15-19-30)36-35(27-12-16-29(38)17-13-27)40-33-21-32(31(37)20-34(33)42-36)39-22-26-10-8-7-9-11-26/h7-21,23-25,35-36,38H,22H2,1-6H3/t35-,36+/m1/s1. The number of aromatic hydroxyl groups is 1.